The zero-order valence-corrected chi connectivity index (χ0v) is 15.0. The maximum Gasteiger partial charge on any atom is 0.259 e. The van der Waals surface area contributed by atoms with Crippen LogP contribution in [-0.4, -0.2) is 46.4 Å². The first-order valence-electron chi connectivity index (χ1n) is 8.56. The smallest absolute Gasteiger partial charge is 0.259 e. The van der Waals surface area contributed by atoms with E-state index in [0.29, 0.717) is 25.0 Å². The fourth-order valence-corrected chi connectivity index (χ4v) is 3.42. The Hall–Kier alpha value is -3.29. The Balaban J connectivity index is 1.69. The minimum absolute atomic E-state index is 0.00145. The van der Waals surface area contributed by atoms with Gasteiger partial charge in [-0.05, 0) is 24.6 Å². The molecule has 4 rings (SSSR count). The van der Waals surface area contributed by atoms with Crippen LogP contribution in [0.2, 0.25) is 0 Å². The standard InChI is InChI=1S/C19H18FN5O2/c1-24(2)18-12-5-6-25(9-16(12)22-10-23-18)19(27)14-8-21-15-4-3-11(20)7-13(15)17(14)26/h3-4,7-8,10H,5-6,9H2,1-2H3,(H,21,26). The van der Waals surface area contributed by atoms with E-state index in [1.54, 1.807) is 4.90 Å². The molecule has 2 aromatic heterocycles. The topological polar surface area (TPSA) is 82.2 Å². The van der Waals surface area contributed by atoms with Crippen molar-refractivity contribution in [3.05, 3.63) is 63.6 Å². The molecule has 1 amide bonds. The Morgan fingerprint density at radius 1 is 1.30 bits per heavy atom. The Labute approximate surface area is 154 Å². The minimum Gasteiger partial charge on any atom is -0.362 e. The van der Waals surface area contributed by atoms with Crippen LogP contribution in [0.5, 0.6) is 0 Å². The monoisotopic (exact) mass is 367 g/mol. The number of benzene rings is 1. The van der Waals surface area contributed by atoms with Crippen molar-refractivity contribution in [3.8, 4) is 0 Å². The summed E-state index contributed by atoms with van der Waals surface area (Å²) in [5.74, 6) is -0.0679. The van der Waals surface area contributed by atoms with E-state index in [2.05, 4.69) is 15.0 Å². The van der Waals surface area contributed by atoms with Gasteiger partial charge in [-0.15, -0.1) is 0 Å². The molecule has 1 aliphatic heterocycles. The minimum atomic E-state index is -0.516. The highest BCUT2D eigenvalue weighted by molar-refractivity contribution is 5.97. The molecule has 1 N–H and O–H groups in total. The van der Waals surface area contributed by atoms with Crippen molar-refractivity contribution >= 4 is 22.6 Å². The van der Waals surface area contributed by atoms with Gasteiger partial charge < -0.3 is 14.8 Å². The summed E-state index contributed by atoms with van der Waals surface area (Å²) in [5, 5.41) is 0.162. The number of nitrogens with one attached hydrogen (secondary N) is 1. The molecule has 3 aromatic rings. The Morgan fingerprint density at radius 3 is 2.89 bits per heavy atom. The van der Waals surface area contributed by atoms with Crippen LogP contribution in [0.15, 0.2) is 35.5 Å². The molecule has 0 unspecified atom stereocenters. The van der Waals surface area contributed by atoms with E-state index in [9.17, 15) is 14.0 Å². The maximum atomic E-state index is 13.5. The van der Waals surface area contributed by atoms with Gasteiger partial charge in [-0.2, -0.15) is 0 Å². The highest BCUT2D eigenvalue weighted by atomic mass is 19.1. The second kappa shape index (κ2) is 6.46. The summed E-state index contributed by atoms with van der Waals surface area (Å²) in [7, 11) is 3.82. The highest BCUT2D eigenvalue weighted by Gasteiger charge is 2.27. The molecule has 138 valence electrons. The first-order chi connectivity index (χ1) is 13.0. The van der Waals surface area contributed by atoms with Crippen LogP contribution in [0.1, 0.15) is 21.6 Å². The number of nitrogens with zero attached hydrogens (tertiary/aromatic N) is 4. The van der Waals surface area contributed by atoms with E-state index >= 15 is 0 Å². The van der Waals surface area contributed by atoms with E-state index in [1.165, 1.54) is 24.7 Å². The number of hydrogen-bond acceptors (Lipinski definition) is 5. The lowest BCUT2D eigenvalue weighted by Gasteiger charge is -2.30. The molecule has 0 spiro atoms. The number of anilines is 1. The van der Waals surface area contributed by atoms with Gasteiger partial charge in [0.25, 0.3) is 5.91 Å². The molecular formula is C19H18FN5O2. The Kier molecular flexibility index (Phi) is 4.10. The normalized spacial score (nSPS) is 13.5. The second-order valence-electron chi connectivity index (χ2n) is 6.72. The number of fused-ring (bicyclic) bond motifs is 2. The second-order valence-corrected chi connectivity index (χ2v) is 6.72. The Bertz CT molecular complexity index is 1110. The van der Waals surface area contributed by atoms with E-state index in [4.69, 9.17) is 0 Å². The molecule has 0 atom stereocenters. The maximum absolute atomic E-state index is 13.5. The van der Waals surface area contributed by atoms with Crippen LogP contribution in [0.4, 0.5) is 10.2 Å². The van der Waals surface area contributed by atoms with E-state index < -0.39 is 17.2 Å². The lowest BCUT2D eigenvalue weighted by atomic mass is 10.0. The number of H-pyrrole nitrogens is 1. The third-order valence-corrected chi connectivity index (χ3v) is 4.77. The Morgan fingerprint density at radius 2 is 2.11 bits per heavy atom. The SMILES string of the molecule is CN(C)c1ncnc2c1CCN(C(=O)c1c[nH]c3ccc(F)cc3c1=O)C2. The van der Waals surface area contributed by atoms with Gasteiger partial charge >= 0.3 is 0 Å². The van der Waals surface area contributed by atoms with Crippen LogP contribution in [0.3, 0.4) is 0 Å². The van der Waals surface area contributed by atoms with Crippen LogP contribution in [-0.2, 0) is 13.0 Å². The number of hydrogen-bond donors (Lipinski definition) is 1. The summed E-state index contributed by atoms with van der Waals surface area (Å²) in [4.78, 5) is 40.6. The van der Waals surface area contributed by atoms with E-state index in [1.807, 2.05) is 19.0 Å². The number of rotatable bonds is 2. The summed E-state index contributed by atoms with van der Waals surface area (Å²) in [6.07, 6.45) is 3.48. The number of amides is 1. The van der Waals surface area contributed by atoms with Gasteiger partial charge in [-0.1, -0.05) is 0 Å². The number of carbonyl (C=O) groups is 1. The molecule has 7 nitrogen and oxygen atoms in total. The predicted molar refractivity (Wildman–Crippen MR) is 99.3 cm³/mol. The molecule has 0 aliphatic carbocycles. The average molecular weight is 367 g/mol. The third kappa shape index (κ3) is 2.92. The molecule has 0 radical (unpaired) electrons. The number of carbonyl (C=O) groups excluding carboxylic acids is 1. The zero-order valence-electron chi connectivity index (χ0n) is 15.0. The summed E-state index contributed by atoms with van der Waals surface area (Å²) in [6, 6.07) is 3.90. The molecule has 0 fully saturated rings. The van der Waals surface area contributed by atoms with Crippen molar-refractivity contribution in [1.82, 2.24) is 19.9 Å². The quantitative estimate of drug-likeness (QED) is 0.746. The van der Waals surface area contributed by atoms with Crippen molar-refractivity contribution in [2.45, 2.75) is 13.0 Å². The number of halogens is 1. The zero-order chi connectivity index (χ0) is 19.1. The molecule has 1 aromatic carbocycles. The van der Waals surface area contributed by atoms with Crippen LogP contribution in [0, 0.1) is 5.82 Å². The number of pyridine rings is 1. The molecule has 0 saturated carbocycles. The first kappa shape index (κ1) is 17.1. The largest absolute Gasteiger partial charge is 0.362 e. The fraction of sp³-hybridized carbons (Fsp3) is 0.263. The van der Waals surface area contributed by atoms with Crippen molar-refractivity contribution in [2.75, 3.05) is 25.5 Å². The van der Waals surface area contributed by atoms with Gasteiger partial charge in [0.1, 0.15) is 23.5 Å². The van der Waals surface area contributed by atoms with Crippen molar-refractivity contribution < 1.29 is 9.18 Å². The van der Waals surface area contributed by atoms with E-state index in [0.717, 1.165) is 23.1 Å². The molecule has 8 heteroatoms. The van der Waals surface area contributed by atoms with Crippen LogP contribution < -0.4 is 10.3 Å². The van der Waals surface area contributed by atoms with Gasteiger partial charge in [0, 0.05) is 43.3 Å². The molecule has 27 heavy (non-hydrogen) atoms. The predicted octanol–water partition coefficient (Wildman–Crippen LogP) is 1.72. The first-order valence-corrected chi connectivity index (χ1v) is 8.56. The summed E-state index contributed by atoms with van der Waals surface area (Å²) < 4.78 is 13.5. The van der Waals surface area contributed by atoms with Crippen molar-refractivity contribution in [3.63, 3.8) is 0 Å². The fourth-order valence-electron chi connectivity index (χ4n) is 3.42. The molecular weight excluding hydrogens is 349 g/mol. The van der Waals surface area contributed by atoms with Gasteiger partial charge in [0.05, 0.1) is 12.2 Å². The van der Waals surface area contributed by atoms with Crippen LogP contribution in [0.25, 0.3) is 10.9 Å². The van der Waals surface area contributed by atoms with Gasteiger partial charge in [-0.25, -0.2) is 14.4 Å². The molecule has 0 bridgehead atoms. The van der Waals surface area contributed by atoms with Gasteiger partial charge in [0.15, 0.2) is 0 Å². The van der Waals surface area contributed by atoms with Crippen molar-refractivity contribution in [2.24, 2.45) is 0 Å². The molecule has 1 aliphatic rings. The van der Waals surface area contributed by atoms with Crippen LogP contribution >= 0.6 is 0 Å². The molecule has 0 saturated heterocycles. The van der Waals surface area contributed by atoms with Gasteiger partial charge in [-0.3, -0.25) is 9.59 Å². The van der Waals surface area contributed by atoms with Gasteiger partial charge in [0.2, 0.25) is 5.43 Å². The number of aromatic amines is 1. The summed E-state index contributed by atoms with van der Waals surface area (Å²) in [5.41, 5.74) is 1.80. The number of aromatic nitrogens is 3. The lowest BCUT2D eigenvalue weighted by molar-refractivity contribution is 0.0730. The highest BCUT2D eigenvalue weighted by Crippen LogP contribution is 2.25. The van der Waals surface area contributed by atoms with E-state index in [-0.39, 0.29) is 10.9 Å². The lowest BCUT2D eigenvalue weighted by Crippen LogP contribution is -2.39. The molecule has 3 heterocycles. The summed E-state index contributed by atoms with van der Waals surface area (Å²) in [6.45, 7) is 0.763. The summed E-state index contributed by atoms with van der Waals surface area (Å²) >= 11 is 0. The third-order valence-electron chi connectivity index (χ3n) is 4.77. The van der Waals surface area contributed by atoms with Crippen molar-refractivity contribution in [1.29, 1.82) is 0 Å². The average Bonchev–Trinajstić information content (AvgIpc) is 2.67.